The Morgan fingerprint density at radius 2 is 1.75 bits per heavy atom. The molecule has 0 fully saturated rings. The van der Waals surface area contributed by atoms with Gasteiger partial charge in [0, 0.05) is 31.4 Å². The summed E-state index contributed by atoms with van der Waals surface area (Å²) in [5.41, 5.74) is 0.821. The summed E-state index contributed by atoms with van der Waals surface area (Å²) in [7, 11) is 1.52. The van der Waals surface area contributed by atoms with Crippen molar-refractivity contribution in [1.82, 2.24) is 0 Å². The van der Waals surface area contributed by atoms with Gasteiger partial charge in [0.15, 0.2) is 6.61 Å². The third-order valence-electron chi connectivity index (χ3n) is 3.50. The predicted molar refractivity (Wildman–Crippen MR) is 102 cm³/mol. The molecule has 2 amide bonds. The van der Waals surface area contributed by atoms with E-state index in [-0.39, 0.29) is 22.8 Å². The van der Waals surface area contributed by atoms with Gasteiger partial charge in [0.05, 0.1) is 10.5 Å². The molecule has 0 aromatic heterocycles. The second-order valence-electron chi connectivity index (χ2n) is 5.63. The van der Waals surface area contributed by atoms with Crippen molar-refractivity contribution in [2.75, 3.05) is 29.6 Å². The van der Waals surface area contributed by atoms with Crippen LogP contribution in [0.15, 0.2) is 42.5 Å². The number of nitro groups is 1. The van der Waals surface area contributed by atoms with Gasteiger partial charge in [-0.2, -0.15) is 0 Å². The molecule has 0 bridgehead atoms. The molecule has 28 heavy (non-hydrogen) atoms. The Labute approximate surface area is 160 Å². The lowest BCUT2D eigenvalue weighted by Gasteiger charge is -2.09. The van der Waals surface area contributed by atoms with E-state index in [1.54, 1.807) is 24.3 Å². The lowest BCUT2D eigenvalue weighted by Crippen LogP contribution is -2.21. The molecule has 0 heterocycles. The fourth-order valence-electron chi connectivity index (χ4n) is 2.31. The summed E-state index contributed by atoms with van der Waals surface area (Å²) in [4.78, 5) is 45.5. The Hall–Kier alpha value is -3.95. The zero-order chi connectivity index (χ0) is 20.7. The Balaban J connectivity index is 1.97. The highest BCUT2D eigenvalue weighted by Gasteiger charge is 2.18. The topological polar surface area (TPSA) is 140 Å². The van der Waals surface area contributed by atoms with Gasteiger partial charge in [-0.3, -0.25) is 19.7 Å². The molecular weight excluding hydrogens is 368 g/mol. The largest absolute Gasteiger partial charge is 0.452 e. The number of nitrogens with zero attached hydrogens (tertiary/aromatic N) is 1. The number of hydrogen-bond donors (Lipinski definition) is 3. The first kappa shape index (κ1) is 20.4. The maximum atomic E-state index is 12.1. The maximum Gasteiger partial charge on any atom is 0.338 e. The van der Waals surface area contributed by atoms with Gasteiger partial charge >= 0.3 is 5.97 Å². The number of ether oxygens (including phenoxy) is 1. The summed E-state index contributed by atoms with van der Waals surface area (Å²) >= 11 is 0. The van der Waals surface area contributed by atoms with Gasteiger partial charge in [0.1, 0.15) is 5.69 Å². The van der Waals surface area contributed by atoms with Crippen LogP contribution < -0.4 is 16.0 Å². The number of amides is 2. The third-order valence-corrected chi connectivity index (χ3v) is 3.50. The molecule has 0 spiro atoms. The minimum absolute atomic E-state index is 0.0499. The lowest BCUT2D eigenvalue weighted by molar-refractivity contribution is -0.384. The van der Waals surface area contributed by atoms with Crippen LogP contribution >= 0.6 is 0 Å². The molecule has 2 aromatic carbocycles. The smallest absolute Gasteiger partial charge is 0.338 e. The first-order valence-corrected chi connectivity index (χ1v) is 8.11. The summed E-state index contributed by atoms with van der Waals surface area (Å²) in [5, 5.41) is 18.8. The van der Waals surface area contributed by atoms with Crippen molar-refractivity contribution < 1.29 is 24.0 Å². The number of nitro benzene ring substituents is 1. The zero-order valence-electron chi connectivity index (χ0n) is 15.1. The molecule has 0 saturated carbocycles. The second-order valence-corrected chi connectivity index (χ2v) is 5.63. The van der Waals surface area contributed by atoms with E-state index in [1.165, 1.54) is 26.1 Å². The van der Waals surface area contributed by atoms with E-state index in [9.17, 15) is 24.5 Å². The molecular formula is C18H18N4O6. The number of nitrogens with one attached hydrogen (secondary N) is 3. The standard InChI is InChI=1S/C18H18N4O6/c1-11(23)20-13-4-3-5-14(9-13)21-17(24)10-28-18(25)12-6-7-15(19-2)16(8-12)22(26)27/h3-9,19H,10H2,1-2H3,(H,20,23)(H,21,24). The Morgan fingerprint density at radius 3 is 2.36 bits per heavy atom. The first-order chi connectivity index (χ1) is 13.3. The Morgan fingerprint density at radius 1 is 1.07 bits per heavy atom. The average molecular weight is 386 g/mol. The van der Waals surface area contributed by atoms with Crippen molar-refractivity contribution in [1.29, 1.82) is 0 Å². The normalized spacial score (nSPS) is 9.93. The molecule has 2 aromatic rings. The van der Waals surface area contributed by atoms with E-state index in [0.717, 1.165) is 6.07 Å². The summed E-state index contributed by atoms with van der Waals surface area (Å²) in [6.07, 6.45) is 0. The van der Waals surface area contributed by atoms with E-state index >= 15 is 0 Å². The SMILES string of the molecule is CNc1ccc(C(=O)OCC(=O)Nc2cccc(NC(C)=O)c2)cc1[N+](=O)[O-]. The number of hydrogen-bond acceptors (Lipinski definition) is 7. The van der Waals surface area contributed by atoms with Crippen molar-refractivity contribution in [2.24, 2.45) is 0 Å². The van der Waals surface area contributed by atoms with Crippen molar-refractivity contribution >= 4 is 40.5 Å². The zero-order valence-corrected chi connectivity index (χ0v) is 15.1. The molecule has 0 saturated heterocycles. The van der Waals surface area contributed by atoms with Crippen LogP contribution in [0.3, 0.4) is 0 Å². The lowest BCUT2D eigenvalue weighted by atomic mass is 10.1. The number of esters is 1. The molecule has 0 aliphatic heterocycles. The van der Waals surface area contributed by atoms with Crippen LogP contribution in [0, 0.1) is 10.1 Å². The average Bonchev–Trinajstić information content (AvgIpc) is 2.65. The molecule has 10 nitrogen and oxygen atoms in total. The fraction of sp³-hybridized carbons (Fsp3) is 0.167. The van der Waals surface area contributed by atoms with E-state index < -0.39 is 23.4 Å². The molecule has 2 rings (SSSR count). The van der Waals surface area contributed by atoms with E-state index in [0.29, 0.717) is 11.4 Å². The van der Waals surface area contributed by atoms with Gasteiger partial charge < -0.3 is 20.7 Å². The van der Waals surface area contributed by atoms with Crippen LogP contribution in [0.5, 0.6) is 0 Å². The highest BCUT2D eigenvalue weighted by atomic mass is 16.6. The monoisotopic (exact) mass is 386 g/mol. The predicted octanol–water partition coefficient (Wildman–Crippen LogP) is 2.39. The minimum atomic E-state index is -0.868. The number of anilines is 3. The van der Waals surface area contributed by atoms with Crippen LogP contribution in [0.25, 0.3) is 0 Å². The first-order valence-electron chi connectivity index (χ1n) is 8.11. The number of carbonyl (C=O) groups is 3. The van der Waals surface area contributed by atoms with Crippen molar-refractivity contribution in [2.45, 2.75) is 6.92 Å². The van der Waals surface area contributed by atoms with Crippen LogP contribution in [0.1, 0.15) is 17.3 Å². The highest BCUT2D eigenvalue weighted by Crippen LogP contribution is 2.25. The van der Waals surface area contributed by atoms with Gasteiger partial charge in [0.2, 0.25) is 5.91 Å². The molecule has 0 atom stereocenters. The second kappa shape index (κ2) is 9.12. The fourth-order valence-corrected chi connectivity index (χ4v) is 2.31. The van der Waals surface area contributed by atoms with Crippen molar-refractivity contribution in [3.63, 3.8) is 0 Å². The molecule has 10 heteroatoms. The highest BCUT2D eigenvalue weighted by molar-refractivity contribution is 5.97. The van der Waals surface area contributed by atoms with Gasteiger partial charge in [-0.25, -0.2) is 4.79 Å². The summed E-state index contributed by atoms with van der Waals surface area (Å²) in [6, 6.07) is 10.2. The van der Waals surface area contributed by atoms with Gasteiger partial charge in [-0.05, 0) is 30.3 Å². The summed E-state index contributed by atoms with van der Waals surface area (Å²) in [5.74, 6) is -1.72. The maximum absolute atomic E-state index is 12.1. The Bertz CT molecular complexity index is 928. The third kappa shape index (κ3) is 5.53. The number of carbonyl (C=O) groups excluding carboxylic acids is 3. The molecule has 0 aliphatic rings. The van der Waals surface area contributed by atoms with Crippen LogP contribution in [0.2, 0.25) is 0 Å². The van der Waals surface area contributed by atoms with Crippen LogP contribution in [-0.4, -0.2) is 36.4 Å². The number of benzene rings is 2. The van der Waals surface area contributed by atoms with Crippen LogP contribution in [-0.2, 0) is 14.3 Å². The van der Waals surface area contributed by atoms with Gasteiger partial charge in [-0.15, -0.1) is 0 Å². The summed E-state index contributed by atoms with van der Waals surface area (Å²) in [6.45, 7) is 0.781. The molecule has 0 aliphatic carbocycles. The molecule has 0 radical (unpaired) electrons. The van der Waals surface area contributed by atoms with Gasteiger partial charge in [0.25, 0.3) is 11.6 Å². The number of rotatable bonds is 7. The quantitative estimate of drug-likeness (QED) is 0.377. The van der Waals surface area contributed by atoms with Crippen molar-refractivity contribution in [3.8, 4) is 0 Å². The molecule has 3 N–H and O–H groups in total. The van der Waals surface area contributed by atoms with Gasteiger partial charge in [-0.1, -0.05) is 6.07 Å². The molecule has 146 valence electrons. The van der Waals surface area contributed by atoms with E-state index in [2.05, 4.69) is 16.0 Å². The Kier molecular flexibility index (Phi) is 6.63. The molecule has 0 unspecified atom stereocenters. The minimum Gasteiger partial charge on any atom is -0.452 e. The van der Waals surface area contributed by atoms with E-state index in [1.807, 2.05) is 0 Å². The summed E-state index contributed by atoms with van der Waals surface area (Å²) < 4.78 is 4.90. The van der Waals surface area contributed by atoms with E-state index in [4.69, 9.17) is 4.74 Å². The van der Waals surface area contributed by atoms with Crippen LogP contribution in [0.4, 0.5) is 22.7 Å². The van der Waals surface area contributed by atoms with Crippen molar-refractivity contribution in [3.05, 3.63) is 58.1 Å².